The number of aromatic nitrogens is 1. The van der Waals surface area contributed by atoms with Crippen molar-refractivity contribution < 1.29 is 0 Å². The Labute approximate surface area is 91.1 Å². The molecule has 0 atom stereocenters. The molecular weight excluding hydrogens is 192 g/mol. The van der Waals surface area contributed by atoms with Gasteiger partial charge in [-0.25, -0.2) is 0 Å². The van der Waals surface area contributed by atoms with Crippen molar-refractivity contribution in [3.8, 4) is 0 Å². The van der Waals surface area contributed by atoms with E-state index in [9.17, 15) is 0 Å². The van der Waals surface area contributed by atoms with Crippen LogP contribution in [0.1, 0.15) is 18.9 Å². The quantitative estimate of drug-likeness (QED) is 0.698. The van der Waals surface area contributed by atoms with Crippen molar-refractivity contribution in [2.45, 2.75) is 19.9 Å². The van der Waals surface area contributed by atoms with E-state index in [0.29, 0.717) is 0 Å². The average Bonchev–Trinajstić information content (AvgIpc) is 2.58. The van der Waals surface area contributed by atoms with Crippen molar-refractivity contribution in [1.82, 2.24) is 9.88 Å². The summed E-state index contributed by atoms with van der Waals surface area (Å²) in [5, 5.41) is 3.45. The van der Waals surface area contributed by atoms with Gasteiger partial charge in [0.25, 0.3) is 0 Å². The number of nitrogens with zero attached hydrogens (tertiary/aromatic N) is 1. The van der Waals surface area contributed by atoms with E-state index in [1.165, 1.54) is 23.5 Å². The van der Waals surface area contributed by atoms with Crippen molar-refractivity contribution in [3.05, 3.63) is 24.0 Å². The van der Waals surface area contributed by atoms with Crippen LogP contribution >= 0.6 is 11.8 Å². The van der Waals surface area contributed by atoms with Crippen LogP contribution in [-0.4, -0.2) is 22.6 Å². The van der Waals surface area contributed by atoms with E-state index >= 15 is 0 Å². The number of hydrogen-bond donors (Lipinski definition) is 1. The third kappa shape index (κ3) is 4.72. The van der Waals surface area contributed by atoms with E-state index in [-0.39, 0.29) is 0 Å². The first-order chi connectivity index (χ1) is 6.83. The smallest absolute Gasteiger partial charge is 0.0220 e. The zero-order valence-electron chi connectivity index (χ0n) is 9.12. The van der Waals surface area contributed by atoms with Crippen LogP contribution in [0.2, 0.25) is 0 Å². The van der Waals surface area contributed by atoms with Gasteiger partial charge in [-0.05, 0) is 36.1 Å². The summed E-state index contributed by atoms with van der Waals surface area (Å²) in [6.45, 7) is 4.33. The molecule has 3 heteroatoms. The number of nitrogens with one attached hydrogen (secondary N) is 1. The predicted molar refractivity (Wildman–Crippen MR) is 64.7 cm³/mol. The van der Waals surface area contributed by atoms with Gasteiger partial charge < -0.3 is 9.88 Å². The molecule has 0 aliphatic rings. The van der Waals surface area contributed by atoms with E-state index in [0.717, 1.165) is 13.1 Å². The van der Waals surface area contributed by atoms with Gasteiger partial charge in [-0.2, -0.15) is 11.8 Å². The minimum Gasteiger partial charge on any atom is -0.357 e. The lowest BCUT2D eigenvalue weighted by atomic mass is 10.3. The monoisotopic (exact) mass is 212 g/mol. The average molecular weight is 212 g/mol. The summed E-state index contributed by atoms with van der Waals surface area (Å²) in [4.78, 5) is 0. The second-order valence-electron chi connectivity index (χ2n) is 3.41. The van der Waals surface area contributed by atoms with Crippen LogP contribution in [0.15, 0.2) is 18.5 Å². The minimum absolute atomic E-state index is 0.998. The van der Waals surface area contributed by atoms with Crippen LogP contribution in [0.5, 0.6) is 0 Å². The first kappa shape index (κ1) is 11.7. The maximum absolute atomic E-state index is 3.45. The highest BCUT2D eigenvalue weighted by Crippen LogP contribution is 2.01. The molecule has 0 radical (unpaired) electrons. The molecule has 0 saturated carbocycles. The highest BCUT2D eigenvalue weighted by Gasteiger charge is 1.93. The molecular formula is C11H20N2S. The molecule has 1 rings (SSSR count). The van der Waals surface area contributed by atoms with Crippen molar-refractivity contribution in [1.29, 1.82) is 0 Å². The predicted octanol–water partition coefficient (Wildman–Crippen LogP) is 2.26. The van der Waals surface area contributed by atoms with Gasteiger partial charge in [-0.1, -0.05) is 6.92 Å². The van der Waals surface area contributed by atoms with Gasteiger partial charge in [0.1, 0.15) is 0 Å². The molecule has 0 fully saturated rings. The second-order valence-corrected chi connectivity index (χ2v) is 4.81. The van der Waals surface area contributed by atoms with Gasteiger partial charge in [0.05, 0.1) is 0 Å². The third-order valence-corrected chi connectivity index (χ3v) is 3.05. The molecule has 1 heterocycles. The number of hydrogen-bond acceptors (Lipinski definition) is 2. The van der Waals surface area contributed by atoms with Gasteiger partial charge >= 0.3 is 0 Å². The summed E-state index contributed by atoms with van der Waals surface area (Å²) in [6.07, 6.45) is 5.52. The van der Waals surface area contributed by atoms with Gasteiger partial charge in [-0.3, -0.25) is 0 Å². The Morgan fingerprint density at radius 2 is 2.36 bits per heavy atom. The Morgan fingerprint density at radius 1 is 1.50 bits per heavy atom. The normalized spacial score (nSPS) is 10.7. The van der Waals surface area contributed by atoms with Crippen LogP contribution in [-0.2, 0) is 13.6 Å². The fourth-order valence-corrected chi connectivity index (χ4v) is 1.98. The fraction of sp³-hybridized carbons (Fsp3) is 0.636. The van der Waals surface area contributed by atoms with Crippen LogP contribution < -0.4 is 5.32 Å². The minimum atomic E-state index is 0.998. The molecule has 2 nitrogen and oxygen atoms in total. The molecule has 80 valence electrons. The lowest BCUT2D eigenvalue weighted by molar-refractivity contribution is 0.678. The summed E-state index contributed by atoms with van der Waals surface area (Å²) in [6, 6.07) is 2.16. The molecule has 0 amide bonds. The number of aryl methyl sites for hydroxylation is 1. The van der Waals surface area contributed by atoms with Gasteiger partial charge in [0.15, 0.2) is 0 Å². The zero-order valence-corrected chi connectivity index (χ0v) is 9.94. The molecule has 0 unspecified atom stereocenters. The highest BCUT2D eigenvalue weighted by atomic mass is 32.2. The molecule has 0 aliphatic heterocycles. The molecule has 14 heavy (non-hydrogen) atoms. The maximum atomic E-state index is 3.45. The molecule has 0 aliphatic carbocycles. The van der Waals surface area contributed by atoms with Gasteiger partial charge in [0.2, 0.25) is 0 Å². The Morgan fingerprint density at radius 3 is 3.00 bits per heavy atom. The highest BCUT2D eigenvalue weighted by molar-refractivity contribution is 7.99. The molecule has 0 spiro atoms. The number of rotatable bonds is 7. The first-order valence-electron chi connectivity index (χ1n) is 5.22. The second kappa shape index (κ2) is 6.96. The lowest BCUT2D eigenvalue weighted by Crippen LogP contribution is -2.14. The Kier molecular flexibility index (Phi) is 5.80. The van der Waals surface area contributed by atoms with Crippen molar-refractivity contribution in [2.24, 2.45) is 7.05 Å². The van der Waals surface area contributed by atoms with Gasteiger partial charge in [0, 0.05) is 26.0 Å². The van der Waals surface area contributed by atoms with Crippen LogP contribution in [0, 0.1) is 0 Å². The van der Waals surface area contributed by atoms with Gasteiger partial charge in [-0.15, -0.1) is 0 Å². The molecule has 1 aromatic rings. The largest absolute Gasteiger partial charge is 0.357 e. The van der Waals surface area contributed by atoms with Crippen LogP contribution in [0.3, 0.4) is 0 Å². The van der Waals surface area contributed by atoms with E-state index in [2.05, 4.69) is 42.3 Å². The fourth-order valence-electron chi connectivity index (χ4n) is 1.34. The summed E-state index contributed by atoms with van der Waals surface area (Å²) in [5.74, 6) is 2.51. The van der Waals surface area contributed by atoms with E-state index < -0.39 is 0 Å². The summed E-state index contributed by atoms with van der Waals surface area (Å²) >= 11 is 2.01. The Bertz CT molecular complexity index is 245. The SMILES string of the molecule is CCSCCCNCc1ccn(C)c1. The first-order valence-corrected chi connectivity index (χ1v) is 6.37. The molecule has 0 aromatic carbocycles. The standard InChI is InChI=1S/C11H20N2S/c1-3-14-8-4-6-12-9-11-5-7-13(2)10-11/h5,7,10,12H,3-4,6,8-9H2,1-2H3. The molecule has 1 aromatic heterocycles. The van der Waals surface area contributed by atoms with Crippen molar-refractivity contribution in [3.63, 3.8) is 0 Å². The topological polar surface area (TPSA) is 17.0 Å². The molecule has 0 saturated heterocycles. The van der Waals surface area contributed by atoms with Crippen molar-refractivity contribution in [2.75, 3.05) is 18.1 Å². The number of thioether (sulfide) groups is 1. The zero-order chi connectivity index (χ0) is 10.2. The molecule has 1 N–H and O–H groups in total. The summed E-state index contributed by atoms with van der Waals surface area (Å²) in [5.41, 5.74) is 1.37. The van der Waals surface area contributed by atoms with E-state index in [4.69, 9.17) is 0 Å². The van der Waals surface area contributed by atoms with E-state index in [1.807, 2.05) is 11.8 Å². The third-order valence-electron chi connectivity index (χ3n) is 2.07. The van der Waals surface area contributed by atoms with Crippen LogP contribution in [0.25, 0.3) is 0 Å². The summed E-state index contributed by atoms with van der Waals surface area (Å²) in [7, 11) is 2.06. The Hall–Kier alpha value is -0.410. The summed E-state index contributed by atoms with van der Waals surface area (Å²) < 4.78 is 2.09. The Balaban J connectivity index is 1.99. The maximum Gasteiger partial charge on any atom is 0.0220 e. The van der Waals surface area contributed by atoms with Crippen molar-refractivity contribution >= 4 is 11.8 Å². The molecule has 0 bridgehead atoms. The lowest BCUT2D eigenvalue weighted by Gasteiger charge is -2.02. The van der Waals surface area contributed by atoms with E-state index in [1.54, 1.807) is 0 Å². The van der Waals surface area contributed by atoms with Crippen LogP contribution in [0.4, 0.5) is 0 Å².